The Morgan fingerprint density at radius 3 is 2.68 bits per heavy atom. The number of nitrogens with zero attached hydrogens (tertiary/aromatic N) is 1. The molecular formula is C28H26N2O. The number of Topliss-reactive ketones (excluding diaryl/α,β-unsaturated/α-hetero) is 1. The van der Waals surface area contributed by atoms with E-state index in [0.29, 0.717) is 18.1 Å². The number of carbonyl (C=O) groups excluding carboxylic acids is 1. The average Bonchev–Trinajstić information content (AvgIpc) is 2.84. The van der Waals surface area contributed by atoms with Crippen molar-refractivity contribution in [2.24, 2.45) is 5.92 Å². The number of fused-ring (bicyclic) bond motifs is 4. The van der Waals surface area contributed by atoms with E-state index in [1.807, 2.05) is 18.3 Å². The van der Waals surface area contributed by atoms with Gasteiger partial charge in [-0.1, -0.05) is 48.6 Å². The van der Waals surface area contributed by atoms with Gasteiger partial charge in [0.2, 0.25) is 0 Å². The number of allylic oxidation sites excluding steroid dienone is 3. The van der Waals surface area contributed by atoms with Crippen LogP contribution in [0.1, 0.15) is 49.1 Å². The van der Waals surface area contributed by atoms with Crippen molar-refractivity contribution in [2.75, 3.05) is 5.32 Å². The van der Waals surface area contributed by atoms with E-state index in [1.165, 1.54) is 16.7 Å². The summed E-state index contributed by atoms with van der Waals surface area (Å²) in [7, 11) is 0. The number of hydrogen-bond acceptors (Lipinski definition) is 3. The van der Waals surface area contributed by atoms with Gasteiger partial charge in [0.15, 0.2) is 5.78 Å². The van der Waals surface area contributed by atoms with Crippen LogP contribution < -0.4 is 5.32 Å². The fourth-order valence-corrected chi connectivity index (χ4v) is 5.80. The minimum absolute atomic E-state index is 0.103. The van der Waals surface area contributed by atoms with Crippen LogP contribution in [0, 0.1) is 5.92 Å². The van der Waals surface area contributed by atoms with E-state index in [4.69, 9.17) is 0 Å². The second-order valence-corrected chi connectivity index (χ2v) is 9.06. The number of aromatic nitrogens is 1. The Bertz CT molecular complexity index is 1220. The Hall–Kier alpha value is -3.20. The van der Waals surface area contributed by atoms with Gasteiger partial charge in [0.05, 0.1) is 11.6 Å². The number of ketones is 1. The van der Waals surface area contributed by atoms with Crippen molar-refractivity contribution in [1.82, 2.24) is 4.98 Å². The summed E-state index contributed by atoms with van der Waals surface area (Å²) < 4.78 is 0. The predicted molar refractivity (Wildman–Crippen MR) is 126 cm³/mol. The highest BCUT2D eigenvalue weighted by Crippen LogP contribution is 2.49. The molecule has 2 aromatic carbocycles. The number of nitrogens with one attached hydrogen (secondary N) is 1. The highest BCUT2D eigenvalue weighted by molar-refractivity contribution is 6.12. The molecular weight excluding hydrogens is 380 g/mol. The maximum Gasteiger partial charge on any atom is 0.161 e. The van der Waals surface area contributed by atoms with Crippen molar-refractivity contribution in [3.8, 4) is 0 Å². The minimum atomic E-state index is 0.103. The summed E-state index contributed by atoms with van der Waals surface area (Å²) in [6.45, 7) is 0. The Labute approximate surface area is 182 Å². The zero-order valence-electron chi connectivity index (χ0n) is 17.6. The summed E-state index contributed by atoms with van der Waals surface area (Å²) >= 11 is 0. The third kappa shape index (κ3) is 3.11. The number of pyridine rings is 1. The van der Waals surface area contributed by atoms with Gasteiger partial charge < -0.3 is 5.32 Å². The molecule has 3 atom stereocenters. The highest BCUT2D eigenvalue weighted by atomic mass is 16.1. The van der Waals surface area contributed by atoms with Crippen LogP contribution in [-0.2, 0) is 4.79 Å². The molecule has 0 saturated carbocycles. The Morgan fingerprint density at radius 2 is 1.84 bits per heavy atom. The van der Waals surface area contributed by atoms with E-state index in [1.54, 1.807) is 0 Å². The third-order valence-electron chi connectivity index (χ3n) is 7.27. The van der Waals surface area contributed by atoms with Gasteiger partial charge in [-0.2, -0.15) is 0 Å². The van der Waals surface area contributed by atoms with Crippen molar-refractivity contribution in [3.63, 3.8) is 0 Å². The fraction of sp³-hybridized carbons (Fsp3) is 0.286. The number of benzene rings is 2. The van der Waals surface area contributed by atoms with Gasteiger partial charge in [-0.05, 0) is 66.9 Å². The molecule has 1 aliphatic heterocycles. The average molecular weight is 407 g/mol. The molecule has 3 aromatic rings. The summed E-state index contributed by atoms with van der Waals surface area (Å²) in [5.74, 6) is 1.01. The summed E-state index contributed by atoms with van der Waals surface area (Å²) in [6.07, 6.45) is 11.2. The molecule has 0 spiro atoms. The van der Waals surface area contributed by atoms with Gasteiger partial charge in [0.1, 0.15) is 0 Å². The quantitative estimate of drug-likeness (QED) is 0.509. The maximum absolute atomic E-state index is 13.7. The van der Waals surface area contributed by atoms with Gasteiger partial charge in [-0.15, -0.1) is 0 Å². The topological polar surface area (TPSA) is 42.0 Å². The predicted octanol–water partition coefficient (Wildman–Crippen LogP) is 6.29. The van der Waals surface area contributed by atoms with Gasteiger partial charge in [0, 0.05) is 34.8 Å². The smallest absolute Gasteiger partial charge is 0.161 e. The first-order valence-electron chi connectivity index (χ1n) is 11.4. The second kappa shape index (κ2) is 7.49. The summed E-state index contributed by atoms with van der Waals surface area (Å²) in [5, 5.41) is 4.94. The highest BCUT2D eigenvalue weighted by Gasteiger charge is 2.40. The Kier molecular flexibility index (Phi) is 4.48. The van der Waals surface area contributed by atoms with E-state index < -0.39 is 0 Å². The molecule has 2 heterocycles. The second-order valence-electron chi connectivity index (χ2n) is 9.06. The van der Waals surface area contributed by atoms with Crippen LogP contribution >= 0.6 is 0 Å². The number of rotatable bonds is 2. The molecule has 3 aliphatic rings. The molecule has 0 bridgehead atoms. The number of carbonyl (C=O) groups is 1. The lowest BCUT2D eigenvalue weighted by molar-refractivity contribution is -0.116. The van der Waals surface area contributed by atoms with E-state index in [9.17, 15) is 4.79 Å². The molecule has 31 heavy (non-hydrogen) atoms. The lowest BCUT2D eigenvalue weighted by atomic mass is 9.69. The Balaban J connectivity index is 1.54. The van der Waals surface area contributed by atoms with Crippen LogP contribution in [-0.4, -0.2) is 16.8 Å². The largest absolute Gasteiger partial charge is 0.377 e. The van der Waals surface area contributed by atoms with Crippen LogP contribution in [0.4, 0.5) is 5.69 Å². The zero-order chi connectivity index (χ0) is 20.8. The maximum atomic E-state index is 13.7. The van der Waals surface area contributed by atoms with Crippen molar-refractivity contribution in [2.45, 2.75) is 44.1 Å². The van der Waals surface area contributed by atoms with Crippen molar-refractivity contribution in [1.29, 1.82) is 0 Å². The van der Waals surface area contributed by atoms with E-state index in [2.05, 4.69) is 64.9 Å². The molecule has 0 fully saturated rings. The first kappa shape index (κ1) is 18.6. The monoisotopic (exact) mass is 406 g/mol. The third-order valence-corrected chi connectivity index (χ3v) is 7.27. The zero-order valence-corrected chi connectivity index (χ0v) is 17.6. The van der Waals surface area contributed by atoms with Gasteiger partial charge in [-0.25, -0.2) is 0 Å². The van der Waals surface area contributed by atoms with Crippen molar-refractivity contribution >= 4 is 27.9 Å². The Morgan fingerprint density at radius 1 is 0.935 bits per heavy atom. The first-order valence-corrected chi connectivity index (χ1v) is 11.4. The molecule has 0 saturated heterocycles. The van der Waals surface area contributed by atoms with Crippen LogP contribution in [0.3, 0.4) is 0 Å². The first-order chi connectivity index (χ1) is 15.3. The van der Waals surface area contributed by atoms with Crippen LogP contribution in [0.2, 0.25) is 0 Å². The summed E-state index contributed by atoms with van der Waals surface area (Å²) in [5.41, 5.74) is 6.88. The molecule has 1 N–H and O–H groups in total. The standard InChI is InChI=1S/C28H26N2O/c31-25-17-20(18-8-3-1-4-9-18)16-22-26-21-12-7-15-29-23(21)13-14-24(26)30-28(27(22)25)19-10-5-2-6-11-19/h1-5,7-9,12-15,19-20,28,30H,6,10-11,16-17H2/t19-,20+,28-/m0/s1. The normalized spacial score (nSPS) is 25.2. The lowest BCUT2D eigenvalue weighted by Crippen LogP contribution is -2.40. The number of hydrogen-bond donors (Lipinski definition) is 1. The lowest BCUT2D eigenvalue weighted by Gasteiger charge is -2.40. The molecule has 0 radical (unpaired) electrons. The fourth-order valence-electron chi connectivity index (χ4n) is 5.80. The van der Waals surface area contributed by atoms with Crippen LogP contribution in [0.25, 0.3) is 16.5 Å². The molecule has 3 nitrogen and oxygen atoms in total. The molecule has 0 amide bonds. The minimum Gasteiger partial charge on any atom is -0.377 e. The summed E-state index contributed by atoms with van der Waals surface area (Å²) in [6, 6.07) is 19.1. The van der Waals surface area contributed by atoms with Gasteiger partial charge in [0.25, 0.3) is 0 Å². The van der Waals surface area contributed by atoms with E-state index in [-0.39, 0.29) is 12.0 Å². The van der Waals surface area contributed by atoms with E-state index in [0.717, 1.165) is 47.8 Å². The molecule has 154 valence electrons. The van der Waals surface area contributed by atoms with Crippen molar-refractivity contribution < 1.29 is 4.79 Å². The molecule has 1 aromatic heterocycles. The van der Waals surface area contributed by atoms with Crippen molar-refractivity contribution in [3.05, 3.63) is 89.6 Å². The van der Waals surface area contributed by atoms with Gasteiger partial charge in [-0.3, -0.25) is 9.78 Å². The molecule has 2 aliphatic carbocycles. The molecule has 3 heteroatoms. The summed E-state index contributed by atoms with van der Waals surface area (Å²) in [4.78, 5) is 18.3. The van der Waals surface area contributed by atoms with Gasteiger partial charge >= 0.3 is 0 Å². The van der Waals surface area contributed by atoms with Crippen LogP contribution in [0.5, 0.6) is 0 Å². The molecule has 0 unspecified atom stereocenters. The number of anilines is 1. The van der Waals surface area contributed by atoms with Crippen LogP contribution in [0.15, 0.2) is 78.5 Å². The SMILES string of the molecule is O=C1C[C@H](c2ccccc2)CC2=C1[C@H]([C@H]1CC=CCC1)Nc1ccc3ncccc3c12. The van der Waals surface area contributed by atoms with E-state index >= 15 is 0 Å². The molecule has 6 rings (SSSR count).